The normalized spacial score (nSPS) is 18.9. The zero-order valence-corrected chi connectivity index (χ0v) is 15.6. The third kappa shape index (κ3) is 4.47. The highest BCUT2D eigenvalue weighted by Gasteiger charge is 2.31. The van der Waals surface area contributed by atoms with Gasteiger partial charge >= 0.3 is 5.69 Å². The van der Waals surface area contributed by atoms with Gasteiger partial charge in [-0.15, -0.1) is 0 Å². The van der Waals surface area contributed by atoms with E-state index in [1.165, 1.54) is 13.2 Å². The molecule has 0 unspecified atom stereocenters. The third-order valence-electron chi connectivity index (χ3n) is 4.48. The first-order chi connectivity index (χ1) is 13.0. The SMILES string of the molecule is COc1ccc(OC[C@@H]2C[NH2+][C@H](c3ccc(N(C)C)cc3)O2)c([N+](=O)[O-])c1. The Morgan fingerprint density at radius 2 is 2.00 bits per heavy atom. The maximum atomic E-state index is 11.2. The molecule has 0 saturated carbocycles. The lowest BCUT2D eigenvalue weighted by molar-refractivity contribution is -0.697. The average molecular weight is 374 g/mol. The van der Waals surface area contributed by atoms with Crippen LogP contribution in [-0.2, 0) is 4.74 Å². The van der Waals surface area contributed by atoms with E-state index in [0.717, 1.165) is 17.8 Å². The van der Waals surface area contributed by atoms with Gasteiger partial charge < -0.3 is 24.4 Å². The Morgan fingerprint density at radius 1 is 1.26 bits per heavy atom. The van der Waals surface area contributed by atoms with Crippen LogP contribution in [0.5, 0.6) is 11.5 Å². The van der Waals surface area contributed by atoms with E-state index in [1.54, 1.807) is 12.1 Å². The Kier molecular flexibility index (Phi) is 5.78. The van der Waals surface area contributed by atoms with E-state index in [4.69, 9.17) is 14.2 Å². The number of ether oxygens (including phenoxy) is 3. The van der Waals surface area contributed by atoms with Crippen molar-refractivity contribution in [3.63, 3.8) is 0 Å². The Morgan fingerprint density at radius 3 is 2.63 bits per heavy atom. The van der Waals surface area contributed by atoms with E-state index in [9.17, 15) is 10.1 Å². The lowest BCUT2D eigenvalue weighted by Crippen LogP contribution is -2.82. The second kappa shape index (κ2) is 8.24. The molecule has 0 aromatic heterocycles. The topological polar surface area (TPSA) is 90.7 Å². The van der Waals surface area contributed by atoms with E-state index >= 15 is 0 Å². The minimum atomic E-state index is -0.478. The average Bonchev–Trinajstić information content (AvgIpc) is 3.15. The van der Waals surface area contributed by atoms with Crippen LogP contribution in [0.4, 0.5) is 11.4 Å². The van der Waals surface area contributed by atoms with Crippen LogP contribution >= 0.6 is 0 Å². The Labute approximate surface area is 157 Å². The van der Waals surface area contributed by atoms with Gasteiger partial charge in [0.15, 0.2) is 5.75 Å². The van der Waals surface area contributed by atoms with Crippen LogP contribution in [0.3, 0.4) is 0 Å². The Hall–Kier alpha value is -2.84. The van der Waals surface area contributed by atoms with E-state index < -0.39 is 4.92 Å². The molecule has 1 aliphatic heterocycles. The van der Waals surface area contributed by atoms with Crippen molar-refractivity contribution in [2.24, 2.45) is 0 Å². The predicted molar refractivity (Wildman–Crippen MR) is 100 cm³/mol. The number of nitro groups is 1. The van der Waals surface area contributed by atoms with Crippen molar-refractivity contribution in [1.82, 2.24) is 0 Å². The molecule has 3 rings (SSSR count). The number of hydrogen-bond donors (Lipinski definition) is 1. The number of nitro benzene ring substituents is 1. The summed E-state index contributed by atoms with van der Waals surface area (Å²) < 4.78 is 16.7. The Bertz CT molecular complexity index is 794. The molecule has 8 heteroatoms. The standard InChI is InChI=1S/C19H23N3O5/c1-21(2)14-6-4-13(5-7-14)19-20-11-16(27-19)12-26-18-9-8-15(25-3)10-17(18)22(23)24/h4-10,16,19-20H,11-12H2,1-3H3/p+1/t16-,19-/m0/s1. The highest BCUT2D eigenvalue weighted by Crippen LogP contribution is 2.31. The first-order valence-electron chi connectivity index (χ1n) is 8.69. The number of hydrogen-bond acceptors (Lipinski definition) is 6. The molecule has 2 aromatic rings. The number of quaternary nitrogens is 1. The number of nitrogens with zero attached hydrogens (tertiary/aromatic N) is 2. The Balaban J connectivity index is 1.60. The molecular formula is C19H24N3O5+. The van der Waals surface area contributed by atoms with Gasteiger partial charge in [-0.2, -0.15) is 0 Å². The first kappa shape index (κ1) is 18.9. The molecule has 1 saturated heterocycles. The molecular weight excluding hydrogens is 350 g/mol. The molecule has 144 valence electrons. The lowest BCUT2D eigenvalue weighted by Gasteiger charge is -2.14. The zero-order chi connectivity index (χ0) is 19.4. The molecule has 1 fully saturated rings. The summed E-state index contributed by atoms with van der Waals surface area (Å²) in [6, 6.07) is 12.7. The summed E-state index contributed by atoms with van der Waals surface area (Å²) in [5.74, 6) is 0.629. The van der Waals surface area contributed by atoms with Crippen LogP contribution in [0.2, 0.25) is 0 Å². The van der Waals surface area contributed by atoms with E-state index in [0.29, 0.717) is 5.75 Å². The highest BCUT2D eigenvalue weighted by molar-refractivity contribution is 5.51. The highest BCUT2D eigenvalue weighted by atomic mass is 16.6. The second-order valence-electron chi connectivity index (χ2n) is 6.54. The summed E-state index contributed by atoms with van der Waals surface area (Å²) in [5.41, 5.74) is 2.09. The van der Waals surface area contributed by atoms with Gasteiger partial charge in [-0.1, -0.05) is 0 Å². The number of methoxy groups -OCH3 is 1. The van der Waals surface area contributed by atoms with Crippen molar-refractivity contribution in [3.05, 3.63) is 58.1 Å². The van der Waals surface area contributed by atoms with E-state index in [2.05, 4.69) is 17.4 Å². The molecule has 0 amide bonds. The van der Waals surface area contributed by atoms with Crippen molar-refractivity contribution >= 4 is 11.4 Å². The fourth-order valence-electron chi connectivity index (χ4n) is 2.95. The summed E-state index contributed by atoms with van der Waals surface area (Å²) in [4.78, 5) is 12.8. The van der Waals surface area contributed by atoms with Gasteiger partial charge in [0.1, 0.15) is 25.0 Å². The van der Waals surface area contributed by atoms with Crippen molar-refractivity contribution in [2.75, 3.05) is 39.3 Å². The van der Waals surface area contributed by atoms with E-state index in [1.807, 2.05) is 31.1 Å². The summed E-state index contributed by atoms with van der Waals surface area (Å²) in [6.45, 7) is 0.972. The maximum absolute atomic E-state index is 11.2. The van der Waals surface area contributed by atoms with Gasteiger partial charge in [-0.25, -0.2) is 0 Å². The van der Waals surface area contributed by atoms with Gasteiger partial charge in [0.2, 0.25) is 6.23 Å². The molecule has 0 radical (unpaired) electrons. The molecule has 2 atom stereocenters. The number of rotatable bonds is 7. The van der Waals surface area contributed by atoms with Crippen LogP contribution in [0, 0.1) is 10.1 Å². The number of anilines is 1. The fourth-order valence-corrected chi connectivity index (χ4v) is 2.95. The fraction of sp³-hybridized carbons (Fsp3) is 0.368. The molecule has 8 nitrogen and oxygen atoms in total. The number of benzene rings is 2. The van der Waals surface area contributed by atoms with Crippen LogP contribution in [0.15, 0.2) is 42.5 Å². The van der Waals surface area contributed by atoms with Gasteiger partial charge in [-0.05, 0) is 36.4 Å². The minimum absolute atomic E-state index is 0.0966. The van der Waals surface area contributed by atoms with Gasteiger partial charge in [0.25, 0.3) is 0 Å². The smallest absolute Gasteiger partial charge is 0.314 e. The van der Waals surface area contributed by atoms with Crippen molar-refractivity contribution < 1.29 is 24.5 Å². The second-order valence-corrected chi connectivity index (χ2v) is 6.54. The van der Waals surface area contributed by atoms with Gasteiger partial charge in [0, 0.05) is 25.3 Å². The molecule has 0 aliphatic carbocycles. The molecule has 0 bridgehead atoms. The van der Waals surface area contributed by atoms with E-state index in [-0.39, 0.29) is 30.4 Å². The van der Waals surface area contributed by atoms with Gasteiger partial charge in [-0.3, -0.25) is 10.1 Å². The molecule has 27 heavy (non-hydrogen) atoms. The van der Waals surface area contributed by atoms with Crippen molar-refractivity contribution in [3.8, 4) is 11.5 Å². The van der Waals surface area contributed by atoms with Gasteiger partial charge in [0.05, 0.1) is 18.1 Å². The molecule has 2 aromatic carbocycles. The van der Waals surface area contributed by atoms with Crippen LogP contribution in [0.25, 0.3) is 0 Å². The summed E-state index contributed by atoms with van der Waals surface area (Å²) in [5, 5.41) is 13.3. The van der Waals surface area contributed by atoms with Crippen LogP contribution in [0.1, 0.15) is 11.8 Å². The molecule has 1 aliphatic rings. The third-order valence-corrected chi connectivity index (χ3v) is 4.48. The first-order valence-corrected chi connectivity index (χ1v) is 8.69. The number of nitrogens with two attached hydrogens (primary N) is 1. The quantitative estimate of drug-likeness (QED) is 0.586. The largest absolute Gasteiger partial charge is 0.496 e. The monoisotopic (exact) mass is 374 g/mol. The summed E-state index contributed by atoms with van der Waals surface area (Å²) in [6.07, 6.45) is -0.245. The van der Waals surface area contributed by atoms with Crippen molar-refractivity contribution in [2.45, 2.75) is 12.3 Å². The van der Waals surface area contributed by atoms with Crippen LogP contribution in [-0.4, -0.2) is 45.4 Å². The van der Waals surface area contributed by atoms with Crippen molar-refractivity contribution in [1.29, 1.82) is 0 Å². The van der Waals surface area contributed by atoms with Crippen LogP contribution < -0.4 is 19.7 Å². The lowest BCUT2D eigenvalue weighted by atomic mass is 10.2. The summed E-state index contributed by atoms with van der Waals surface area (Å²) >= 11 is 0. The predicted octanol–water partition coefficient (Wildman–Crippen LogP) is 1.71. The molecule has 0 spiro atoms. The molecule has 1 heterocycles. The zero-order valence-electron chi connectivity index (χ0n) is 15.6. The minimum Gasteiger partial charge on any atom is -0.496 e. The molecule has 2 N–H and O–H groups in total. The maximum Gasteiger partial charge on any atom is 0.314 e. The summed E-state index contributed by atoms with van der Waals surface area (Å²) in [7, 11) is 5.46.